The minimum Gasteiger partial charge on any atom is -0.454 e. The summed E-state index contributed by atoms with van der Waals surface area (Å²) in [4.78, 5) is 27.3. The summed E-state index contributed by atoms with van der Waals surface area (Å²) < 4.78 is 42.7. The molecule has 1 atom stereocenters. The highest BCUT2D eigenvalue weighted by Crippen LogP contribution is 2.30. The molecule has 4 nitrogen and oxygen atoms in total. The zero-order valence-corrected chi connectivity index (χ0v) is 18.0. The first-order chi connectivity index (χ1) is 15.7. The van der Waals surface area contributed by atoms with Crippen molar-refractivity contribution in [3.8, 4) is 0 Å². The number of amides is 1. The largest absolute Gasteiger partial charge is 0.454 e. The minimum atomic E-state index is -4.70. The molecule has 8 heteroatoms. The van der Waals surface area contributed by atoms with Crippen LogP contribution < -0.4 is 4.90 Å². The van der Waals surface area contributed by atoms with Gasteiger partial charge < -0.3 is 4.74 Å². The zero-order chi connectivity index (χ0) is 23.8. The molecular weight excluding hydrogens is 455 g/mol. The van der Waals surface area contributed by atoms with E-state index < -0.39 is 30.7 Å². The Morgan fingerprint density at radius 2 is 1.48 bits per heavy atom. The fraction of sp³-hybridized carbons (Fsp3) is 0.120. The van der Waals surface area contributed by atoms with Gasteiger partial charge in [0.2, 0.25) is 0 Å². The number of ether oxygens (including phenoxy) is 1. The molecule has 0 aliphatic rings. The van der Waals surface area contributed by atoms with Gasteiger partial charge in [0.25, 0.3) is 5.91 Å². The van der Waals surface area contributed by atoms with Crippen molar-refractivity contribution in [3.63, 3.8) is 0 Å². The van der Waals surface area contributed by atoms with Gasteiger partial charge in [-0.1, -0.05) is 72.3 Å². The van der Waals surface area contributed by atoms with Gasteiger partial charge in [0.05, 0.1) is 0 Å². The maximum Gasteiger partial charge on any atom is 0.422 e. The predicted molar refractivity (Wildman–Crippen MR) is 121 cm³/mol. The molecular formula is C25H19ClF3NO3. The van der Waals surface area contributed by atoms with Crippen LogP contribution in [0.25, 0.3) is 6.08 Å². The number of hydrogen-bond donors (Lipinski definition) is 0. The highest BCUT2D eigenvalue weighted by Gasteiger charge is 2.36. The number of hydrogen-bond acceptors (Lipinski definition) is 3. The highest BCUT2D eigenvalue weighted by molar-refractivity contribution is 6.30. The Kier molecular flexibility index (Phi) is 7.90. The third-order valence-electron chi connectivity index (χ3n) is 4.54. The molecule has 33 heavy (non-hydrogen) atoms. The summed E-state index contributed by atoms with van der Waals surface area (Å²) in [6.07, 6.45) is -1.94. The number of esters is 1. The van der Waals surface area contributed by atoms with Gasteiger partial charge >= 0.3 is 12.1 Å². The smallest absolute Gasteiger partial charge is 0.422 e. The second kappa shape index (κ2) is 10.8. The molecule has 3 rings (SSSR count). The summed E-state index contributed by atoms with van der Waals surface area (Å²) in [5.41, 5.74) is 1.31. The average Bonchev–Trinajstić information content (AvgIpc) is 2.81. The Hall–Kier alpha value is -3.58. The van der Waals surface area contributed by atoms with Crippen molar-refractivity contribution in [2.24, 2.45) is 0 Å². The van der Waals surface area contributed by atoms with Crippen molar-refractivity contribution < 1.29 is 27.5 Å². The zero-order valence-electron chi connectivity index (χ0n) is 17.2. The molecule has 0 saturated heterocycles. The number of carbonyl (C=O) groups excluding carboxylic acids is 2. The van der Waals surface area contributed by atoms with Crippen molar-refractivity contribution in [1.82, 2.24) is 0 Å². The van der Waals surface area contributed by atoms with Crippen LogP contribution in [0.2, 0.25) is 5.02 Å². The Morgan fingerprint density at radius 1 is 0.909 bits per heavy atom. The molecule has 0 bridgehead atoms. The van der Waals surface area contributed by atoms with E-state index in [1.807, 2.05) is 0 Å². The van der Waals surface area contributed by atoms with E-state index in [9.17, 15) is 22.8 Å². The molecule has 0 heterocycles. The Balaban J connectivity index is 2.01. The molecule has 1 amide bonds. The van der Waals surface area contributed by atoms with Crippen LogP contribution in [0.1, 0.15) is 17.2 Å². The number of benzene rings is 3. The summed E-state index contributed by atoms with van der Waals surface area (Å²) in [5.74, 6) is -1.82. The van der Waals surface area contributed by atoms with Crippen LogP contribution in [0, 0.1) is 0 Å². The quantitative estimate of drug-likeness (QED) is 0.302. The number of para-hydroxylation sites is 1. The molecule has 0 fully saturated rings. The molecule has 3 aromatic carbocycles. The van der Waals surface area contributed by atoms with Gasteiger partial charge in [-0.15, -0.1) is 0 Å². The summed E-state index contributed by atoms with van der Waals surface area (Å²) >= 11 is 5.88. The number of nitrogens with zero attached hydrogens (tertiary/aromatic N) is 1. The summed E-state index contributed by atoms with van der Waals surface area (Å²) in [5, 5.41) is 0.529. The van der Waals surface area contributed by atoms with E-state index in [4.69, 9.17) is 11.6 Å². The van der Waals surface area contributed by atoms with Crippen molar-refractivity contribution in [2.45, 2.75) is 12.2 Å². The second-order valence-corrected chi connectivity index (χ2v) is 7.40. The van der Waals surface area contributed by atoms with E-state index in [2.05, 4.69) is 4.74 Å². The lowest BCUT2D eigenvalue weighted by molar-refractivity contribution is -0.187. The Labute approximate surface area is 193 Å². The Morgan fingerprint density at radius 3 is 2.06 bits per heavy atom. The van der Waals surface area contributed by atoms with Crippen molar-refractivity contribution in [3.05, 3.63) is 107 Å². The van der Waals surface area contributed by atoms with Gasteiger partial charge in [-0.2, -0.15) is 13.2 Å². The molecule has 3 aromatic rings. The van der Waals surface area contributed by atoms with Gasteiger partial charge in [-0.25, -0.2) is 4.79 Å². The lowest BCUT2D eigenvalue weighted by Gasteiger charge is -2.30. The van der Waals surface area contributed by atoms with Crippen LogP contribution in [0.4, 0.5) is 18.9 Å². The molecule has 0 spiro atoms. The molecule has 0 N–H and O–H groups in total. The first-order valence-electron chi connectivity index (χ1n) is 9.85. The molecule has 0 aliphatic carbocycles. The molecule has 0 aromatic heterocycles. The average molecular weight is 474 g/mol. The van der Waals surface area contributed by atoms with E-state index in [-0.39, 0.29) is 0 Å². The number of rotatable bonds is 7. The van der Waals surface area contributed by atoms with Crippen LogP contribution >= 0.6 is 11.6 Å². The normalized spacial score (nSPS) is 12.4. The molecule has 0 saturated carbocycles. The van der Waals surface area contributed by atoms with E-state index >= 15 is 0 Å². The third-order valence-corrected chi connectivity index (χ3v) is 4.79. The highest BCUT2D eigenvalue weighted by atomic mass is 35.5. The fourth-order valence-electron chi connectivity index (χ4n) is 3.07. The number of alkyl halides is 3. The van der Waals surface area contributed by atoms with E-state index in [0.717, 1.165) is 4.90 Å². The molecule has 0 radical (unpaired) electrons. The monoisotopic (exact) mass is 473 g/mol. The van der Waals surface area contributed by atoms with Gasteiger partial charge in [0.1, 0.15) is 0 Å². The van der Waals surface area contributed by atoms with E-state index in [1.165, 1.54) is 12.2 Å². The van der Waals surface area contributed by atoms with E-state index in [1.54, 1.807) is 84.9 Å². The first-order valence-corrected chi connectivity index (χ1v) is 10.2. The minimum absolute atomic E-state index is 0.307. The van der Waals surface area contributed by atoms with Crippen LogP contribution in [0.5, 0.6) is 0 Å². The SMILES string of the molecule is O=C(OCC(F)(F)F)C(c1ccccc1)N(C(=O)/C=C/c1ccc(Cl)cc1)c1ccccc1. The van der Waals surface area contributed by atoms with Crippen LogP contribution in [0.3, 0.4) is 0 Å². The van der Waals surface area contributed by atoms with Crippen LogP contribution in [-0.4, -0.2) is 24.7 Å². The lowest BCUT2D eigenvalue weighted by Crippen LogP contribution is -2.40. The maximum absolute atomic E-state index is 13.3. The van der Waals surface area contributed by atoms with Gasteiger partial charge in [0, 0.05) is 16.8 Å². The maximum atomic E-state index is 13.3. The topological polar surface area (TPSA) is 46.6 Å². The Bertz CT molecular complexity index is 1100. The number of anilines is 1. The number of halogens is 4. The van der Waals surface area contributed by atoms with Crippen molar-refractivity contribution >= 4 is 35.2 Å². The summed E-state index contributed by atoms with van der Waals surface area (Å²) in [7, 11) is 0. The number of carbonyl (C=O) groups is 2. The second-order valence-electron chi connectivity index (χ2n) is 6.96. The van der Waals surface area contributed by atoms with Crippen molar-refractivity contribution in [2.75, 3.05) is 11.5 Å². The molecule has 1 unspecified atom stereocenters. The van der Waals surface area contributed by atoms with Gasteiger partial charge in [-0.3, -0.25) is 9.69 Å². The fourth-order valence-corrected chi connectivity index (χ4v) is 3.20. The molecule has 170 valence electrons. The van der Waals surface area contributed by atoms with Gasteiger partial charge in [0.15, 0.2) is 12.6 Å². The van der Waals surface area contributed by atoms with E-state index in [0.29, 0.717) is 21.8 Å². The first kappa shape index (κ1) is 24.1. The summed E-state index contributed by atoms with van der Waals surface area (Å²) in [6.45, 7) is -1.76. The van der Waals surface area contributed by atoms with Crippen LogP contribution in [-0.2, 0) is 14.3 Å². The lowest BCUT2D eigenvalue weighted by atomic mass is 10.0. The predicted octanol–water partition coefficient (Wildman–Crippen LogP) is 6.23. The molecule has 0 aliphatic heterocycles. The summed E-state index contributed by atoms with van der Waals surface area (Å²) in [6, 6.07) is 21.5. The van der Waals surface area contributed by atoms with Crippen LogP contribution in [0.15, 0.2) is 91.0 Å². The van der Waals surface area contributed by atoms with Gasteiger partial charge in [-0.05, 0) is 41.5 Å². The third kappa shape index (κ3) is 6.95. The van der Waals surface area contributed by atoms with Crippen molar-refractivity contribution in [1.29, 1.82) is 0 Å². The standard InChI is InChI=1S/C25H19ClF3NO3/c26-20-14-11-18(12-15-20)13-16-22(31)30(21-9-5-2-6-10-21)23(19-7-3-1-4-8-19)24(32)33-17-25(27,28)29/h1-16,23H,17H2/b16-13+.